The van der Waals surface area contributed by atoms with Crippen molar-refractivity contribution >= 4 is 34.2 Å². The van der Waals surface area contributed by atoms with Crippen LogP contribution < -0.4 is 0 Å². The van der Waals surface area contributed by atoms with Gasteiger partial charge in [-0.05, 0) is 28.5 Å². The third-order valence-electron chi connectivity index (χ3n) is 2.33. The molecule has 0 aromatic carbocycles. The van der Waals surface area contributed by atoms with Crippen LogP contribution in [0.25, 0.3) is 0 Å². The standard InChI is InChI=1S/C12H18ClIN2O2/c1-8(2)11-10(14)12(13)16-9(15-11)4-5-18-7-6-17-3/h8H,4-7H2,1-3H3. The maximum atomic E-state index is 6.11. The molecule has 4 nitrogen and oxygen atoms in total. The fraction of sp³-hybridized carbons (Fsp3) is 0.667. The highest BCUT2D eigenvalue weighted by atomic mass is 127. The number of rotatable bonds is 7. The van der Waals surface area contributed by atoms with Gasteiger partial charge < -0.3 is 9.47 Å². The van der Waals surface area contributed by atoms with E-state index in [-0.39, 0.29) is 0 Å². The molecule has 0 aliphatic carbocycles. The van der Waals surface area contributed by atoms with Crippen molar-refractivity contribution in [3.63, 3.8) is 0 Å². The molecule has 0 aliphatic heterocycles. The fourth-order valence-electron chi connectivity index (χ4n) is 1.38. The Morgan fingerprint density at radius 2 is 1.94 bits per heavy atom. The summed E-state index contributed by atoms with van der Waals surface area (Å²) in [5.74, 6) is 1.08. The lowest BCUT2D eigenvalue weighted by atomic mass is 10.1. The van der Waals surface area contributed by atoms with Gasteiger partial charge in [0.1, 0.15) is 11.0 Å². The average Bonchev–Trinajstić information content (AvgIpc) is 2.32. The van der Waals surface area contributed by atoms with Crippen LogP contribution in [-0.4, -0.2) is 36.9 Å². The second-order valence-electron chi connectivity index (χ2n) is 4.14. The zero-order valence-electron chi connectivity index (χ0n) is 10.9. The average molecular weight is 385 g/mol. The molecule has 6 heteroatoms. The Balaban J connectivity index is 2.61. The van der Waals surface area contributed by atoms with Gasteiger partial charge in [0.05, 0.1) is 29.1 Å². The molecule has 0 N–H and O–H groups in total. The van der Waals surface area contributed by atoms with Gasteiger partial charge >= 0.3 is 0 Å². The first-order valence-electron chi connectivity index (χ1n) is 5.84. The second-order valence-corrected chi connectivity index (χ2v) is 5.58. The third-order valence-corrected chi connectivity index (χ3v) is 3.99. The lowest BCUT2D eigenvalue weighted by Crippen LogP contribution is -2.10. The van der Waals surface area contributed by atoms with Gasteiger partial charge in [0.25, 0.3) is 0 Å². The van der Waals surface area contributed by atoms with E-state index in [9.17, 15) is 0 Å². The molecule has 0 unspecified atom stereocenters. The number of aromatic nitrogens is 2. The highest BCUT2D eigenvalue weighted by molar-refractivity contribution is 14.1. The molecule has 1 heterocycles. The summed E-state index contributed by atoms with van der Waals surface area (Å²) in [5.41, 5.74) is 1.00. The van der Waals surface area contributed by atoms with Crippen LogP contribution in [0.3, 0.4) is 0 Å². The minimum Gasteiger partial charge on any atom is -0.382 e. The molecule has 0 atom stereocenters. The van der Waals surface area contributed by atoms with Crippen LogP contribution >= 0.6 is 34.2 Å². The van der Waals surface area contributed by atoms with E-state index in [1.807, 2.05) is 0 Å². The topological polar surface area (TPSA) is 44.2 Å². The highest BCUT2D eigenvalue weighted by Crippen LogP contribution is 2.24. The first-order valence-corrected chi connectivity index (χ1v) is 7.30. The Morgan fingerprint density at radius 3 is 2.56 bits per heavy atom. The van der Waals surface area contributed by atoms with Gasteiger partial charge in [-0.15, -0.1) is 0 Å². The van der Waals surface area contributed by atoms with Crippen molar-refractivity contribution in [1.29, 1.82) is 0 Å². The quantitative estimate of drug-likeness (QED) is 0.412. The van der Waals surface area contributed by atoms with Gasteiger partial charge in [-0.3, -0.25) is 0 Å². The lowest BCUT2D eigenvalue weighted by molar-refractivity contribution is 0.0716. The van der Waals surface area contributed by atoms with E-state index in [1.165, 1.54) is 0 Å². The van der Waals surface area contributed by atoms with Crippen molar-refractivity contribution in [3.05, 3.63) is 20.2 Å². The molecular formula is C12H18ClIN2O2. The van der Waals surface area contributed by atoms with E-state index in [0.29, 0.717) is 37.3 Å². The van der Waals surface area contributed by atoms with Gasteiger partial charge in [-0.25, -0.2) is 9.97 Å². The number of methoxy groups -OCH3 is 1. The van der Waals surface area contributed by atoms with Gasteiger partial charge in [-0.1, -0.05) is 25.4 Å². The first-order chi connectivity index (χ1) is 8.56. The molecule has 1 aromatic heterocycles. The largest absolute Gasteiger partial charge is 0.382 e. The zero-order valence-corrected chi connectivity index (χ0v) is 13.8. The van der Waals surface area contributed by atoms with Crippen LogP contribution in [0.5, 0.6) is 0 Å². The van der Waals surface area contributed by atoms with Crippen molar-refractivity contribution < 1.29 is 9.47 Å². The molecule has 0 bridgehead atoms. The minimum atomic E-state index is 0.338. The summed E-state index contributed by atoms with van der Waals surface area (Å²) in [4.78, 5) is 8.81. The van der Waals surface area contributed by atoms with Crippen LogP contribution in [0.2, 0.25) is 5.15 Å². The second kappa shape index (κ2) is 8.24. The van der Waals surface area contributed by atoms with Crippen molar-refractivity contribution in [2.24, 2.45) is 0 Å². The maximum absolute atomic E-state index is 6.11. The summed E-state index contributed by atoms with van der Waals surface area (Å²) < 4.78 is 11.2. The number of ether oxygens (including phenoxy) is 2. The fourth-order valence-corrected chi connectivity index (χ4v) is 2.44. The molecule has 18 heavy (non-hydrogen) atoms. The number of halogens is 2. The Labute approximate surface area is 127 Å². The molecular weight excluding hydrogens is 367 g/mol. The number of nitrogens with zero attached hydrogens (tertiary/aromatic N) is 2. The van der Waals surface area contributed by atoms with E-state index in [2.05, 4.69) is 46.4 Å². The van der Waals surface area contributed by atoms with E-state index in [4.69, 9.17) is 21.1 Å². The Bertz CT molecular complexity index is 389. The van der Waals surface area contributed by atoms with Crippen molar-refractivity contribution in [2.75, 3.05) is 26.9 Å². The van der Waals surface area contributed by atoms with Gasteiger partial charge in [0.15, 0.2) is 0 Å². The summed E-state index contributed by atoms with van der Waals surface area (Å²) in [6, 6.07) is 0. The van der Waals surface area contributed by atoms with Crippen LogP contribution in [0, 0.1) is 3.57 Å². The zero-order chi connectivity index (χ0) is 13.5. The van der Waals surface area contributed by atoms with Crippen LogP contribution in [-0.2, 0) is 15.9 Å². The molecule has 1 aromatic rings. The first kappa shape index (κ1) is 16.1. The molecule has 0 spiro atoms. The Morgan fingerprint density at radius 1 is 1.22 bits per heavy atom. The van der Waals surface area contributed by atoms with Crippen LogP contribution in [0.1, 0.15) is 31.3 Å². The summed E-state index contributed by atoms with van der Waals surface area (Å²) in [5, 5.41) is 0.529. The number of hydrogen-bond donors (Lipinski definition) is 0. The summed E-state index contributed by atoms with van der Waals surface area (Å²) in [7, 11) is 1.65. The predicted molar refractivity (Wildman–Crippen MR) is 80.2 cm³/mol. The van der Waals surface area contributed by atoms with Crippen LogP contribution in [0.15, 0.2) is 0 Å². The van der Waals surface area contributed by atoms with Gasteiger partial charge in [0.2, 0.25) is 0 Å². The molecule has 0 saturated heterocycles. The summed E-state index contributed by atoms with van der Waals surface area (Å²) in [6.07, 6.45) is 0.667. The maximum Gasteiger partial charge on any atom is 0.146 e. The molecule has 0 saturated carbocycles. The van der Waals surface area contributed by atoms with Gasteiger partial charge in [0, 0.05) is 13.5 Å². The summed E-state index contributed by atoms with van der Waals surface area (Å²) >= 11 is 8.29. The normalized spacial score (nSPS) is 11.2. The molecule has 0 amide bonds. The third kappa shape index (κ3) is 4.95. The predicted octanol–water partition coefficient (Wildman–Crippen LogP) is 3.06. The molecule has 0 radical (unpaired) electrons. The highest BCUT2D eigenvalue weighted by Gasteiger charge is 2.13. The van der Waals surface area contributed by atoms with E-state index >= 15 is 0 Å². The SMILES string of the molecule is COCCOCCc1nc(Cl)c(I)c(C(C)C)n1. The lowest BCUT2D eigenvalue weighted by Gasteiger charge is -2.11. The Kier molecular flexibility index (Phi) is 7.36. The molecule has 0 aliphatic rings. The van der Waals surface area contributed by atoms with Gasteiger partial charge in [-0.2, -0.15) is 0 Å². The molecule has 102 valence electrons. The molecule has 0 fully saturated rings. The van der Waals surface area contributed by atoms with Crippen molar-refractivity contribution in [2.45, 2.75) is 26.2 Å². The summed E-state index contributed by atoms with van der Waals surface area (Å²) in [6.45, 7) is 5.97. The Hall–Kier alpha value is 0.0200. The van der Waals surface area contributed by atoms with E-state index < -0.39 is 0 Å². The van der Waals surface area contributed by atoms with Crippen molar-refractivity contribution in [1.82, 2.24) is 9.97 Å². The van der Waals surface area contributed by atoms with E-state index in [1.54, 1.807) is 7.11 Å². The minimum absolute atomic E-state index is 0.338. The molecule has 1 rings (SSSR count). The van der Waals surface area contributed by atoms with E-state index in [0.717, 1.165) is 15.1 Å². The number of hydrogen-bond acceptors (Lipinski definition) is 4. The monoisotopic (exact) mass is 384 g/mol. The smallest absolute Gasteiger partial charge is 0.146 e. The van der Waals surface area contributed by atoms with Crippen LogP contribution in [0.4, 0.5) is 0 Å². The van der Waals surface area contributed by atoms with Crippen molar-refractivity contribution in [3.8, 4) is 0 Å².